The fraction of sp³-hybridized carbons (Fsp3) is 0.533. The number of para-hydroxylation sites is 1. The number of nitrogens with one attached hydrogen (secondary N) is 2. The molecule has 0 spiro atoms. The number of halogens is 1. The Labute approximate surface area is 124 Å². The van der Waals surface area contributed by atoms with Crippen LogP contribution in [0.1, 0.15) is 25.7 Å². The summed E-state index contributed by atoms with van der Waals surface area (Å²) in [5, 5.41) is 6.56. The average Bonchev–Trinajstić information content (AvgIpc) is 2.48. The van der Waals surface area contributed by atoms with Crippen LogP contribution in [-0.2, 0) is 9.53 Å². The highest BCUT2D eigenvalue weighted by molar-refractivity contribution is 6.33. The van der Waals surface area contributed by atoms with Gasteiger partial charge in [-0.05, 0) is 32.0 Å². The standard InChI is InChI=1S/C15H21ClN2O2/c1-17-13-8-4-5-9-14(13)20-10-15(19)18-12-7-3-2-6-11(12)16/h2-3,6-7,13-14,17H,4-5,8-10H2,1H3,(H,18,19). The number of carbonyl (C=O) groups excluding carboxylic acids is 1. The van der Waals surface area contributed by atoms with E-state index in [4.69, 9.17) is 16.3 Å². The van der Waals surface area contributed by atoms with Crippen molar-refractivity contribution in [3.05, 3.63) is 29.3 Å². The van der Waals surface area contributed by atoms with E-state index in [-0.39, 0.29) is 18.6 Å². The molecule has 0 saturated heterocycles. The summed E-state index contributed by atoms with van der Waals surface area (Å²) in [5.74, 6) is -0.168. The summed E-state index contributed by atoms with van der Waals surface area (Å²) in [4.78, 5) is 11.9. The van der Waals surface area contributed by atoms with E-state index >= 15 is 0 Å². The molecule has 1 aliphatic carbocycles. The zero-order valence-electron chi connectivity index (χ0n) is 11.7. The molecule has 2 unspecified atom stereocenters. The van der Waals surface area contributed by atoms with Crippen LogP contribution in [-0.4, -0.2) is 31.7 Å². The van der Waals surface area contributed by atoms with Gasteiger partial charge < -0.3 is 15.4 Å². The van der Waals surface area contributed by atoms with Crippen molar-refractivity contribution in [2.45, 2.75) is 37.8 Å². The summed E-state index contributed by atoms with van der Waals surface area (Å²) in [6.45, 7) is 0.0636. The molecule has 0 heterocycles. The first-order valence-corrected chi connectivity index (χ1v) is 7.41. The lowest BCUT2D eigenvalue weighted by atomic mass is 9.92. The van der Waals surface area contributed by atoms with Crippen LogP contribution in [0.25, 0.3) is 0 Å². The van der Waals surface area contributed by atoms with Crippen LogP contribution < -0.4 is 10.6 Å². The molecule has 1 amide bonds. The lowest BCUT2D eigenvalue weighted by Crippen LogP contribution is -2.42. The van der Waals surface area contributed by atoms with Crippen molar-refractivity contribution in [1.82, 2.24) is 5.32 Å². The number of amides is 1. The summed E-state index contributed by atoms with van der Waals surface area (Å²) in [6, 6.07) is 7.53. The number of rotatable bonds is 5. The van der Waals surface area contributed by atoms with Crippen molar-refractivity contribution in [1.29, 1.82) is 0 Å². The van der Waals surface area contributed by atoms with Crippen molar-refractivity contribution in [2.24, 2.45) is 0 Å². The predicted octanol–water partition coefficient (Wildman–Crippen LogP) is 2.83. The first-order valence-electron chi connectivity index (χ1n) is 7.04. The topological polar surface area (TPSA) is 50.4 Å². The predicted molar refractivity (Wildman–Crippen MR) is 81.1 cm³/mol. The van der Waals surface area contributed by atoms with Gasteiger partial charge in [0.15, 0.2) is 0 Å². The molecule has 2 atom stereocenters. The van der Waals surface area contributed by atoms with Gasteiger partial charge >= 0.3 is 0 Å². The molecule has 20 heavy (non-hydrogen) atoms. The van der Waals surface area contributed by atoms with Gasteiger partial charge in [-0.25, -0.2) is 0 Å². The van der Waals surface area contributed by atoms with Gasteiger partial charge in [-0.15, -0.1) is 0 Å². The monoisotopic (exact) mass is 296 g/mol. The first-order chi connectivity index (χ1) is 9.70. The summed E-state index contributed by atoms with van der Waals surface area (Å²) in [6.07, 6.45) is 4.61. The average molecular weight is 297 g/mol. The molecular weight excluding hydrogens is 276 g/mol. The van der Waals surface area contributed by atoms with E-state index in [1.54, 1.807) is 12.1 Å². The van der Waals surface area contributed by atoms with E-state index in [0.717, 1.165) is 19.3 Å². The third-order valence-electron chi connectivity index (χ3n) is 3.65. The fourth-order valence-corrected chi connectivity index (χ4v) is 2.74. The summed E-state index contributed by atoms with van der Waals surface area (Å²) in [5.41, 5.74) is 0.622. The van der Waals surface area contributed by atoms with Crippen molar-refractivity contribution in [2.75, 3.05) is 19.0 Å². The molecule has 1 saturated carbocycles. The molecule has 1 aromatic carbocycles. The lowest BCUT2D eigenvalue weighted by molar-refractivity contribution is -0.123. The van der Waals surface area contributed by atoms with Gasteiger partial charge in [-0.2, -0.15) is 0 Å². The molecule has 0 bridgehead atoms. The van der Waals surface area contributed by atoms with Crippen LogP contribution in [0.2, 0.25) is 5.02 Å². The van der Waals surface area contributed by atoms with Crippen molar-refractivity contribution < 1.29 is 9.53 Å². The Kier molecular flexibility index (Phi) is 5.83. The molecular formula is C15H21ClN2O2. The molecule has 0 aliphatic heterocycles. The van der Waals surface area contributed by atoms with E-state index in [9.17, 15) is 4.79 Å². The molecule has 0 aromatic heterocycles. The van der Waals surface area contributed by atoms with Crippen LogP contribution in [0.5, 0.6) is 0 Å². The number of hydrogen-bond acceptors (Lipinski definition) is 3. The second-order valence-electron chi connectivity index (χ2n) is 5.06. The van der Waals surface area contributed by atoms with Crippen LogP contribution in [0.3, 0.4) is 0 Å². The second-order valence-corrected chi connectivity index (χ2v) is 5.46. The molecule has 2 N–H and O–H groups in total. The van der Waals surface area contributed by atoms with Crippen molar-refractivity contribution in [3.8, 4) is 0 Å². The third-order valence-corrected chi connectivity index (χ3v) is 3.98. The number of benzene rings is 1. The molecule has 2 rings (SSSR count). The molecule has 1 aromatic rings. The minimum atomic E-state index is -0.168. The number of carbonyl (C=O) groups is 1. The van der Waals surface area contributed by atoms with Gasteiger partial charge in [0.25, 0.3) is 0 Å². The van der Waals surface area contributed by atoms with Gasteiger partial charge in [0.05, 0.1) is 16.8 Å². The summed E-state index contributed by atoms with van der Waals surface area (Å²) in [7, 11) is 1.94. The SMILES string of the molecule is CNC1CCCCC1OCC(=O)Nc1ccccc1Cl. The molecule has 0 radical (unpaired) electrons. The van der Waals surface area contributed by atoms with E-state index in [0.29, 0.717) is 16.8 Å². The zero-order chi connectivity index (χ0) is 14.4. The van der Waals surface area contributed by atoms with E-state index in [1.165, 1.54) is 6.42 Å². The Balaban J connectivity index is 1.81. The Hall–Kier alpha value is -1.10. The minimum absolute atomic E-state index is 0.0636. The van der Waals surface area contributed by atoms with Crippen LogP contribution in [0, 0.1) is 0 Å². The maximum atomic E-state index is 11.9. The quantitative estimate of drug-likeness (QED) is 0.878. The summed E-state index contributed by atoms with van der Waals surface area (Å²) < 4.78 is 5.74. The number of hydrogen-bond donors (Lipinski definition) is 2. The first kappa shape index (κ1) is 15.3. The Morgan fingerprint density at radius 2 is 2.10 bits per heavy atom. The van der Waals surface area contributed by atoms with E-state index in [2.05, 4.69) is 10.6 Å². The lowest BCUT2D eigenvalue weighted by Gasteiger charge is -2.31. The van der Waals surface area contributed by atoms with Crippen molar-refractivity contribution in [3.63, 3.8) is 0 Å². The Bertz CT molecular complexity index is 453. The fourth-order valence-electron chi connectivity index (χ4n) is 2.56. The Morgan fingerprint density at radius 3 is 2.85 bits per heavy atom. The Morgan fingerprint density at radius 1 is 1.35 bits per heavy atom. The summed E-state index contributed by atoms with van der Waals surface area (Å²) >= 11 is 6.00. The van der Waals surface area contributed by atoms with Gasteiger partial charge in [-0.3, -0.25) is 4.79 Å². The highest BCUT2D eigenvalue weighted by Gasteiger charge is 2.24. The molecule has 4 nitrogen and oxygen atoms in total. The highest BCUT2D eigenvalue weighted by Crippen LogP contribution is 2.22. The zero-order valence-corrected chi connectivity index (χ0v) is 12.5. The largest absolute Gasteiger partial charge is 0.367 e. The molecule has 110 valence electrons. The van der Waals surface area contributed by atoms with Crippen molar-refractivity contribution >= 4 is 23.2 Å². The van der Waals surface area contributed by atoms with Gasteiger partial charge in [0.1, 0.15) is 6.61 Å². The van der Waals surface area contributed by atoms with E-state index in [1.807, 2.05) is 19.2 Å². The van der Waals surface area contributed by atoms with E-state index < -0.39 is 0 Å². The normalized spacial score (nSPS) is 22.5. The number of likely N-dealkylation sites (N-methyl/N-ethyl adjacent to an activating group) is 1. The second kappa shape index (κ2) is 7.62. The smallest absolute Gasteiger partial charge is 0.250 e. The van der Waals surface area contributed by atoms with Gasteiger partial charge in [0.2, 0.25) is 5.91 Å². The maximum Gasteiger partial charge on any atom is 0.250 e. The third kappa shape index (κ3) is 4.20. The highest BCUT2D eigenvalue weighted by atomic mass is 35.5. The van der Waals surface area contributed by atoms with Crippen LogP contribution in [0.15, 0.2) is 24.3 Å². The van der Waals surface area contributed by atoms with Gasteiger partial charge in [-0.1, -0.05) is 36.6 Å². The maximum absolute atomic E-state index is 11.9. The van der Waals surface area contributed by atoms with Crippen LogP contribution in [0.4, 0.5) is 5.69 Å². The number of ether oxygens (including phenoxy) is 1. The number of anilines is 1. The molecule has 1 fully saturated rings. The minimum Gasteiger partial charge on any atom is -0.367 e. The molecule has 5 heteroatoms. The molecule has 1 aliphatic rings. The van der Waals surface area contributed by atoms with Crippen LogP contribution >= 0.6 is 11.6 Å². The van der Waals surface area contributed by atoms with Gasteiger partial charge in [0, 0.05) is 6.04 Å².